The van der Waals surface area contributed by atoms with Crippen LogP contribution in [0.25, 0.3) is 0 Å². The van der Waals surface area contributed by atoms with Gasteiger partial charge in [0.15, 0.2) is 11.7 Å². The highest BCUT2D eigenvalue weighted by Gasteiger charge is 2.08. The maximum atomic E-state index is 13.1. The molecule has 120 valence electrons. The number of anilines is 1. The molecular formula is C17H17FN2O2S. The number of halogens is 1. The smallest absolute Gasteiger partial charge is 0.264 e. The Balaban J connectivity index is 1.84. The van der Waals surface area contributed by atoms with Crippen molar-refractivity contribution >= 4 is 28.9 Å². The molecule has 2 aromatic carbocycles. The van der Waals surface area contributed by atoms with E-state index < -0.39 is 0 Å². The summed E-state index contributed by atoms with van der Waals surface area (Å²) in [4.78, 5) is 11.8. The molecule has 0 bridgehead atoms. The second kappa shape index (κ2) is 7.69. The van der Waals surface area contributed by atoms with Gasteiger partial charge >= 0.3 is 0 Å². The molecule has 0 unspecified atom stereocenters. The van der Waals surface area contributed by atoms with Gasteiger partial charge in [0, 0.05) is 5.69 Å². The SMILES string of the molecule is Cc1ccc(C)c(OCC(=O)NC(=S)Nc2cccc(F)c2)c1. The van der Waals surface area contributed by atoms with E-state index in [1.807, 2.05) is 32.0 Å². The first-order chi connectivity index (χ1) is 10.9. The van der Waals surface area contributed by atoms with Crippen molar-refractivity contribution in [3.05, 3.63) is 59.4 Å². The van der Waals surface area contributed by atoms with E-state index in [1.54, 1.807) is 12.1 Å². The zero-order valence-electron chi connectivity index (χ0n) is 12.9. The van der Waals surface area contributed by atoms with Crippen molar-refractivity contribution in [3.8, 4) is 5.75 Å². The molecule has 2 rings (SSSR count). The van der Waals surface area contributed by atoms with Gasteiger partial charge in [-0.25, -0.2) is 4.39 Å². The molecule has 1 amide bonds. The summed E-state index contributed by atoms with van der Waals surface area (Å²) in [5.41, 5.74) is 2.46. The van der Waals surface area contributed by atoms with E-state index in [4.69, 9.17) is 17.0 Å². The summed E-state index contributed by atoms with van der Waals surface area (Å²) in [6, 6.07) is 11.6. The Kier molecular flexibility index (Phi) is 5.65. The molecule has 23 heavy (non-hydrogen) atoms. The summed E-state index contributed by atoms with van der Waals surface area (Å²) < 4.78 is 18.6. The van der Waals surface area contributed by atoms with Gasteiger partial charge in [-0.3, -0.25) is 10.1 Å². The highest BCUT2D eigenvalue weighted by atomic mass is 32.1. The number of carbonyl (C=O) groups excluding carboxylic acids is 1. The first kappa shape index (κ1) is 16.9. The molecule has 0 atom stereocenters. The molecule has 0 aromatic heterocycles. The second-order valence-corrected chi connectivity index (χ2v) is 5.48. The molecule has 0 fully saturated rings. The van der Waals surface area contributed by atoms with Gasteiger partial charge in [-0.2, -0.15) is 0 Å². The maximum Gasteiger partial charge on any atom is 0.264 e. The van der Waals surface area contributed by atoms with Crippen LogP contribution in [0.4, 0.5) is 10.1 Å². The number of hydrogen-bond donors (Lipinski definition) is 2. The van der Waals surface area contributed by atoms with E-state index >= 15 is 0 Å². The van der Waals surface area contributed by atoms with Gasteiger partial charge in [-0.15, -0.1) is 0 Å². The number of hydrogen-bond acceptors (Lipinski definition) is 3. The Morgan fingerprint density at radius 3 is 2.74 bits per heavy atom. The molecule has 0 aliphatic rings. The fraction of sp³-hybridized carbons (Fsp3) is 0.176. The van der Waals surface area contributed by atoms with Crippen LogP contribution in [0.2, 0.25) is 0 Å². The first-order valence-corrected chi connectivity index (χ1v) is 7.41. The molecule has 2 N–H and O–H groups in total. The maximum absolute atomic E-state index is 13.1. The first-order valence-electron chi connectivity index (χ1n) is 7.00. The van der Waals surface area contributed by atoms with Crippen LogP contribution in [0.15, 0.2) is 42.5 Å². The van der Waals surface area contributed by atoms with Crippen molar-refractivity contribution in [3.63, 3.8) is 0 Å². The lowest BCUT2D eigenvalue weighted by molar-refractivity contribution is -0.121. The van der Waals surface area contributed by atoms with Crippen LogP contribution < -0.4 is 15.4 Å². The minimum Gasteiger partial charge on any atom is -0.483 e. The van der Waals surface area contributed by atoms with Crippen molar-refractivity contribution in [2.75, 3.05) is 11.9 Å². The predicted molar refractivity (Wildman–Crippen MR) is 92.2 cm³/mol. The average molecular weight is 332 g/mol. The summed E-state index contributed by atoms with van der Waals surface area (Å²) in [7, 11) is 0. The average Bonchev–Trinajstić information content (AvgIpc) is 2.48. The van der Waals surface area contributed by atoms with Crippen molar-refractivity contribution < 1.29 is 13.9 Å². The van der Waals surface area contributed by atoms with Crippen molar-refractivity contribution in [1.82, 2.24) is 5.32 Å². The van der Waals surface area contributed by atoms with E-state index in [2.05, 4.69) is 10.6 Å². The van der Waals surface area contributed by atoms with Gasteiger partial charge in [0.25, 0.3) is 5.91 Å². The minimum atomic E-state index is -0.389. The monoisotopic (exact) mass is 332 g/mol. The van der Waals surface area contributed by atoms with Gasteiger partial charge in [0.05, 0.1) is 0 Å². The normalized spacial score (nSPS) is 10.0. The Hall–Kier alpha value is -2.47. The molecule has 0 aliphatic heterocycles. The Bertz CT molecular complexity index is 734. The molecular weight excluding hydrogens is 315 g/mol. The van der Waals surface area contributed by atoms with Crippen LogP contribution in [0, 0.1) is 19.7 Å². The molecule has 2 aromatic rings. The van der Waals surface area contributed by atoms with Gasteiger partial charge in [-0.05, 0) is 61.5 Å². The van der Waals surface area contributed by atoms with Gasteiger partial charge in [0.2, 0.25) is 0 Å². The van der Waals surface area contributed by atoms with Gasteiger partial charge in [-0.1, -0.05) is 18.2 Å². The Morgan fingerprint density at radius 1 is 1.22 bits per heavy atom. The third-order valence-electron chi connectivity index (χ3n) is 3.04. The molecule has 0 aliphatic carbocycles. The largest absolute Gasteiger partial charge is 0.483 e. The van der Waals surface area contributed by atoms with Crippen molar-refractivity contribution in [2.24, 2.45) is 0 Å². The number of aryl methyl sites for hydroxylation is 2. The molecule has 0 saturated heterocycles. The fourth-order valence-corrected chi connectivity index (χ4v) is 2.13. The predicted octanol–water partition coefficient (Wildman–Crippen LogP) is 3.33. The van der Waals surface area contributed by atoms with E-state index in [-0.39, 0.29) is 23.4 Å². The standard InChI is InChI=1S/C17H17FN2O2S/c1-11-6-7-12(2)15(8-11)22-10-16(21)20-17(23)19-14-5-3-4-13(18)9-14/h3-9H,10H2,1-2H3,(H2,19,20,21,23). The lowest BCUT2D eigenvalue weighted by Crippen LogP contribution is -2.37. The summed E-state index contributed by atoms with van der Waals surface area (Å²) in [5.74, 6) is -0.119. The number of thiocarbonyl (C=S) groups is 1. The molecule has 0 heterocycles. The van der Waals surface area contributed by atoms with Crippen molar-refractivity contribution in [2.45, 2.75) is 13.8 Å². The van der Waals surface area contributed by atoms with E-state index in [0.29, 0.717) is 11.4 Å². The van der Waals surface area contributed by atoms with E-state index in [1.165, 1.54) is 12.1 Å². The lowest BCUT2D eigenvalue weighted by Gasteiger charge is -2.12. The number of rotatable bonds is 4. The number of carbonyl (C=O) groups is 1. The van der Waals surface area contributed by atoms with Crippen LogP contribution in [0.5, 0.6) is 5.75 Å². The van der Waals surface area contributed by atoms with E-state index in [9.17, 15) is 9.18 Å². The zero-order valence-corrected chi connectivity index (χ0v) is 13.7. The third-order valence-corrected chi connectivity index (χ3v) is 3.24. The zero-order chi connectivity index (χ0) is 16.8. The summed E-state index contributed by atoms with van der Waals surface area (Å²) >= 11 is 5.01. The van der Waals surface area contributed by atoms with Gasteiger partial charge in [0.1, 0.15) is 11.6 Å². The molecule has 0 saturated carbocycles. The van der Waals surface area contributed by atoms with Gasteiger partial charge < -0.3 is 10.1 Å². The Morgan fingerprint density at radius 2 is 2.00 bits per heavy atom. The fourth-order valence-electron chi connectivity index (χ4n) is 1.90. The van der Waals surface area contributed by atoms with Crippen LogP contribution in [-0.4, -0.2) is 17.6 Å². The quantitative estimate of drug-likeness (QED) is 0.843. The summed E-state index contributed by atoms with van der Waals surface area (Å²) in [5, 5.41) is 5.31. The number of nitrogens with one attached hydrogen (secondary N) is 2. The molecule has 0 radical (unpaired) electrons. The molecule has 4 nitrogen and oxygen atoms in total. The van der Waals surface area contributed by atoms with Crippen LogP contribution >= 0.6 is 12.2 Å². The lowest BCUT2D eigenvalue weighted by atomic mass is 10.1. The highest BCUT2D eigenvalue weighted by molar-refractivity contribution is 7.80. The highest BCUT2D eigenvalue weighted by Crippen LogP contribution is 2.18. The number of amides is 1. The molecule has 6 heteroatoms. The second-order valence-electron chi connectivity index (χ2n) is 5.07. The third kappa shape index (κ3) is 5.34. The summed E-state index contributed by atoms with van der Waals surface area (Å²) in [6.45, 7) is 3.70. The van der Waals surface area contributed by atoms with Crippen LogP contribution in [0.1, 0.15) is 11.1 Å². The van der Waals surface area contributed by atoms with E-state index in [0.717, 1.165) is 11.1 Å². The minimum absolute atomic E-state index is 0.0881. The number of ether oxygens (including phenoxy) is 1. The number of benzene rings is 2. The van der Waals surface area contributed by atoms with Crippen LogP contribution in [-0.2, 0) is 4.79 Å². The molecule has 0 spiro atoms. The van der Waals surface area contributed by atoms with Crippen molar-refractivity contribution in [1.29, 1.82) is 0 Å². The summed E-state index contributed by atoms with van der Waals surface area (Å²) in [6.07, 6.45) is 0. The topological polar surface area (TPSA) is 50.4 Å². The Labute approximate surface area is 139 Å². The van der Waals surface area contributed by atoms with Crippen LogP contribution in [0.3, 0.4) is 0 Å².